The Kier molecular flexibility index (Phi) is 6.15. The Morgan fingerprint density at radius 2 is 2.17 bits per heavy atom. The molecule has 1 atom stereocenters. The van der Waals surface area contributed by atoms with E-state index in [1.807, 2.05) is 0 Å². The Balaban J connectivity index is 1.67. The van der Waals surface area contributed by atoms with Crippen molar-refractivity contribution in [1.29, 1.82) is 0 Å². The molecule has 0 radical (unpaired) electrons. The highest BCUT2D eigenvalue weighted by atomic mass is 19.1. The quantitative estimate of drug-likeness (QED) is 0.794. The number of anilines is 2. The number of carbonyl (C=O) groups is 3. The second-order valence-electron chi connectivity index (χ2n) is 6.44. The molecule has 29 heavy (non-hydrogen) atoms. The molecule has 156 valence electrons. The summed E-state index contributed by atoms with van der Waals surface area (Å²) >= 11 is 0. The molecule has 2 aliphatic rings. The molecule has 2 aliphatic heterocycles. The maximum absolute atomic E-state index is 14.7. The van der Waals surface area contributed by atoms with E-state index in [2.05, 4.69) is 10.4 Å². The van der Waals surface area contributed by atoms with E-state index in [1.54, 1.807) is 17.9 Å². The van der Waals surface area contributed by atoms with Crippen molar-refractivity contribution in [2.45, 2.75) is 20.0 Å². The summed E-state index contributed by atoms with van der Waals surface area (Å²) in [5.74, 6) is -0.767. The fourth-order valence-corrected chi connectivity index (χ4v) is 2.95. The van der Waals surface area contributed by atoms with Crippen LogP contribution in [0.5, 0.6) is 0 Å². The molecule has 2 heterocycles. The zero-order chi connectivity index (χ0) is 21.0. The number of amides is 3. The van der Waals surface area contributed by atoms with Crippen molar-refractivity contribution >= 4 is 35.8 Å². The van der Waals surface area contributed by atoms with E-state index >= 15 is 0 Å². The molecule has 0 saturated carbocycles. The molecule has 1 aromatic carbocycles. The summed E-state index contributed by atoms with van der Waals surface area (Å²) < 4.78 is 24.8. The van der Waals surface area contributed by atoms with Gasteiger partial charge in [-0.3, -0.25) is 9.69 Å². The van der Waals surface area contributed by atoms with Crippen LogP contribution in [0.25, 0.3) is 0 Å². The summed E-state index contributed by atoms with van der Waals surface area (Å²) in [6.45, 7) is 4.31. The molecule has 0 aliphatic carbocycles. The largest absolute Gasteiger partial charge is 0.448 e. The molecule has 11 heteroatoms. The SMILES string of the molecule is CCOC(=O)N1CCN(c2ccc(N3C[C@H](CNC(C)=O)OC3=O)cc2F)C=N1. The van der Waals surface area contributed by atoms with Crippen LogP contribution in [-0.4, -0.2) is 68.3 Å². The number of rotatable bonds is 5. The second kappa shape index (κ2) is 8.76. The third-order valence-electron chi connectivity index (χ3n) is 4.37. The number of hydrogen-bond donors (Lipinski definition) is 1. The third kappa shape index (κ3) is 4.73. The van der Waals surface area contributed by atoms with E-state index in [9.17, 15) is 18.8 Å². The zero-order valence-corrected chi connectivity index (χ0v) is 16.1. The molecule has 1 fully saturated rings. The molecule has 1 aromatic rings. The highest BCUT2D eigenvalue weighted by Gasteiger charge is 2.33. The van der Waals surface area contributed by atoms with Crippen molar-refractivity contribution in [3.63, 3.8) is 0 Å². The first-order chi connectivity index (χ1) is 13.9. The van der Waals surface area contributed by atoms with Crippen LogP contribution in [0.15, 0.2) is 23.3 Å². The average Bonchev–Trinajstić information content (AvgIpc) is 3.07. The molecular formula is C18H22FN5O5. The maximum atomic E-state index is 14.7. The topological polar surface area (TPSA) is 104 Å². The Bertz CT molecular complexity index is 833. The van der Waals surface area contributed by atoms with Crippen LogP contribution >= 0.6 is 0 Å². The van der Waals surface area contributed by atoms with Crippen molar-refractivity contribution in [2.75, 3.05) is 42.6 Å². The summed E-state index contributed by atoms with van der Waals surface area (Å²) in [5, 5.41) is 7.73. The minimum absolute atomic E-state index is 0.194. The fraction of sp³-hybridized carbons (Fsp3) is 0.444. The lowest BCUT2D eigenvalue weighted by Gasteiger charge is -2.28. The molecule has 0 spiro atoms. The van der Waals surface area contributed by atoms with Gasteiger partial charge in [-0.15, -0.1) is 0 Å². The van der Waals surface area contributed by atoms with Crippen LogP contribution in [0.2, 0.25) is 0 Å². The van der Waals surface area contributed by atoms with Gasteiger partial charge in [0.05, 0.1) is 37.6 Å². The number of nitrogens with zero attached hydrogens (tertiary/aromatic N) is 4. The number of carbonyl (C=O) groups excluding carboxylic acids is 3. The van der Waals surface area contributed by atoms with Gasteiger partial charge in [-0.05, 0) is 25.1 Å². The number of halogens is 1. The van der Waals surface area contributed by atoms with Crippen LogP contribution in [0.3, 0.4) is 0 Å². The maximum Gasteiger partial charge on any atom is 0.430 e. The third-order valence-corrected chi connectivity index (χ3v) is 4.37. The van der Waals surface area contributed by atoms with Gasteiger partial charge in [-0.1, -0.05) is 0 Å². The Morgan fingerprint density at radius 1 is 1.38 bits per heavy atom. The molecular weight excluding hydrogens is 385 g/mol. The van der Waals surface area contributed by atoms with Crippen molar-refractivity contribution in [2.24, 2.45) is 5.10 Å². The molecule has 0 unspecified atom stereocenters. The number of ether oxygens (including phenoxy) is 2. The minimum Gasteiger partial charge on any atom is -0.448 e. The lowest BCUT2D eigenvalue weighted by atomic mass is 10.2. The van der Waals surface area contributed by atoms with Crippen LogP contribution < -0.4 is 15.1 Å². The molecule has 10 nitrogen and oxygen atoms in total. The molecule has 3 amide bonds. The molecule has 1 saturated heterocycles. The average molecular weight is 407 g/mol. The molecule has 0 bridgehead atoms. The number of hydrogen-bond acceptors (Lipinski definition) is 7. The summed E-state index contributed by atoms with van der Waals surface area (Å²) in [7, 11) is 0. The fourth-order valence-electron chi connectivity index (χ4n) is 2.95. The van der Waals surface area contributed by atoms with Gasteiger partial charge in [-0.2, -0.15) is 10.1 Å². The van der Waals surface area contributed by atoms with Gasteiger partial charge in [0, 0.05) is 13.5 Å². The van der Waals surface area contributed by atoms with Crippen molar-refractivity contribution in [3.8, 4) is 0 Å². The first-order valence-corrected chi connectivity index (χ1v) is 9.16. The lowest BCUT2D eigenvalue weighted by Crippen LogP contribution is -2.41. The number of benzene rings is 1. The van der Waals surface area contributed by atoms with Crippen LogP contribution in [-0.2, 0) is 14.3 Å². The van der Waals surface area contributed by atoms with Crippen molar-refractivity contribution in [1.82, 2.24) is 10.3 Å². The van der Waals surface area contributed by atoms with Crippen LogP contribution in [0, 0.1) is 5.82 Å². The lowest BCUT2D eigenvalue weighted by molar-refractivity contribution is -0.119. The predicted octanol–water partition coefficient (Wildman–Crippen LogP) is 1.51. The van der Waals surface area contributed by atoms with Gasteiger partial charge < -0.3 is 19.7 Å². The highest BCUT2D eigenvalue weighted by Crippen LogP contribution is 2.28. The van der Waals surface area contributed by atoms with E-state index in [-0.39, 0.29) is 37.8 Å². The van der Waals surface area contributed by atoms with E-state index in [1.165, 1.54) is 35.3 Å². The smallest absolute Gasteiger partial charge is 0.430 e. The zero-order valence-electron chi connectivity index (χ0n) is 16.1. The summed E-state index contributed by atoms with van der Waals surface area (Å²) in [4.78, 5) is 37.6. The summed E-state index contributed by atoms with van der Waals surface area (Å²) in [5.41, 5.74) is 0.618. The first kappa shape index (κ1) is 20.4. The predicted molar refractivity (Wildman–Crippen MR) is 102 cm³/mol. The van der Waals surface area contributed by atoms with Gasteiger partial charge in [0.2, 0.25) is 5.91 Å². The van der Waals surface area contributed by atoms with E-state index in [4.69, 9.17) is 9.47 Å². The summed E-state index contributed by atoms with van der Waals surface area (Å²) in [6, 6.07) is 4.38. The van der Waals surface area contributed by atoms with Gasteiger partial charge in [0.15, 0.2) is 0 Å². The van der Waals surface area contributed by atoms with E-state index < -0.39 is 24.1 Å². The molecule has 0 aromatic heterocycles. The number of hydrazone groups is 1. The Labute approximate surface area is 166 Å². The van der Waals surface area contributed by atoms with Gasteiger partial charge in [0.1, 0.15) is 18.3 Å². The number of nitrogens with one attached hydrogen (secondary N) is 1. The van der Waals surface area contributed by atoms with Gasteiger partial charge >= 0.3 is 12.2 Å². The van der Waals surface area contributed by atoms with E-state index in [0.717, 1.165) is 0 Å². The monoisotopic (exact) mass is 407 g/mol. The van der Waals surface area contributed by atoms with Crippen molar-refractivity contribution in [3.05, 3.63) is 24.0 Å². The molecule has 1 N–H and O–H groups in total. The Hall–Kier alpha value is -3.37. The standard InChI is InChI=1S/C18H22FN5O5/c1-3-28-18(27)24-7-6-22(11-21-24)16-5-4-13(8-15(16)19)23-10-14(29-17(23)26)9-20-12(2)25/h4-5,8,11,14H,3,6-7,9-10H2,1-2H3,(H,20,25)/t14-/m0/s1. The minimum atomic E-state index is -0.600. The van der Waals surface area contributed by atoms with E-state index in [0.29, 0.717) is 12.2 Å². The van der Waals surface area contributed by atoms with Gasteiger partial charge in [-0.25, -0.2) is 14.0 Å². The number of cyclic esters (lactones) is 1. The molecule has 3 rings (SSSR count). The Morgan fingerprint density at radius 3 is 2.79 bits per heavy atom. The van der Waals surface area contributed by atoms with Crippen LogP contribution in [0.4, 0.5) is 25.4 Å². The van der Waals surface area contributed by atoms with Gasteiger partial charge in [0.25, 0.3) is 0 Å². The highest BCUT2D eigenvalue weighted by molar-refractivity contribution is 5.90. The normalized spacial score (nSPS) is 18.7. The van der Waals surface area contributed by atoms with Crippen LogP contribution in [0.1, 0.15) is 13.8 Å². The first-order valence-electron chi connectivity index (χ1n) is 9.16. The second-order valence-corrected chi connectivity index (χ2v) is 6.44. The van der Waals surface area contributed by atoms with Crippen molar-refractivity contribution < 1.29 is 28.2 Å². The summed E-state index contributed by atoms with van der Waals surface area (Å²) in [6.07, 6.45) is -0.304.